The number of nitrogens with one attached hydrogen (secondary N) is 2. The van der Waals surface area contributed by atoms with Crippen molar-refractivity contribution in [2.24, 2.45) is 4.99 Å². The van der Waals surface area contributed by atoms with Crippen LogP contribution in [0.4, 0.5) is 0 Å². The van der Waals surface area contributed by atoms with Crippen LogP contribution < -0.4 is 15.4 Å². The molecule has 2 N–H and O–H groups in total. The van der Waals surface area contributed by atoms with Crippen LogP contribution in [0.2, 0.25) is 0 Å². The molecule has 2 fully saturated rings. The van der Waals surface area contributed by atoms with E-state index in [9.17, 15) is 0 Å². The number of rotatable bonds is 8. The lowest BCUT2D eigenvalue weighted by molar-refractivity contribution is -0.0139. The average Bonchev–Trinajstić information content (AvgIpc) is 3.50. The van der Waals surface area contributed by atoms with Gasteiger partial charge in [-0.1, -0.05) is 12.1 Å². The Hall–Kier alpha value is -2.25. The molecule has 1 unspecified atom stereocenters. The summed E-state index contributed by atoms with van der Waals surface area (Å²) in [6.45, 7) is 12.4. The Balaban J connectivity index is 1.50. The van der Waals surface area contributed by atoms with Gasteiger partial charge in [0.1, 0.15) is 5.76 Å². The summed E-state index contributed by atoms with van der Waals surface area (Å²) in [6.07, 6.45) is 4.68. The fourth-order valence-electron chi connectivity index (χ4n) is 4.88. The van der Waals surface area contributed by atoms with Crippen molar-refractivity contribution in [1.82, 2.24) is 15.5 Å². The minimum absolute atomic E-state index is 0.0212. The van der Waals surface area contributed by atoms with Gasteiger partial charge in [-0.15, -0.1) is 0 Å². The van der Waals surface area contributed by atoms with Crippen LogP contribution in [-0.4, -0.2) is 62.4 Å². The highest BCUT2D eigenvalue weighted by atomic mass is 16.5. The molecule has 0 spiro atoms. The van der Waals surface area contributed by atoms with Gasteiger partial charge in [-0.2, -0.15) is 0 Å². The van der Waals surface area contributed by atoms with E-state index in [2.05, 4.69) is 41.5 Å². The van der Waals surface area contributed by atoms with Gasteiger partial charge in [0.15, 0.2) is 17.3 Å². The maximum absolute atomic E-state index is 6.19. The summed E-state index contributed by atoms with van der Waals surface area (Å²) >= 11 is 0. The molecule has 0 aliphatic carbocycles. The van der Waals surface area contributed by atoms with E-state index < -0.39 is 0 Å². The van der Waals surface area contributed by atoms with E-state index in [1.54, 1.807) is 0 Å². The first kappa shape index (κ1) is 22.9. The van der Waals surface area contributed by atoms with Gasteiger partial charge in [-0.05, 0) is 71.7 Å². The second kappa shape index (κ2) is 10.6. The van der Waals surface area contributed by atoms with Crippen LogP contribution in [0.3, 0.4) is 0 Å². The van der Waals surface area contributed by atoms with E-state index in [-0.39, 0.29) is 11.6 Å². The van der Waals surface area contributed by atoms with E-state index in [1.165, 1.54) is 25.9 Å². The molecule has 1 aromatic heterocycles. The molecule has 7 nitrogen and oxygen atoms in total. The molecular formula is C25H38N4O3. The van der Waals surface area contributed by atoms with E-state index in [0.717, 1.165) is 67.6 Å². The lowest BCUT2D eigenvalue weighted by atomic mass is 9.88. The zero-order valence-corrected chi connectivity index (χ0v) is 19.8. The summed E-state index contributed by atoms with van der Waals surface area (Å²) in [6, 6.07) is 8.08. The highest BCUT2D eigenvalue weighted by Gasteiger charge is 2.39. The van der Waals surface area contributed by atoms with Crippen LogP contribution in [0.1, 0.15) is 58.3 Å². The number of hydrogen-bond donors (Lipinski definition) is 2. The van der Waals surface area contributed by atoms with Crippen LogP contribution in [0.25, 0.3) is 11.0 Å². The predicted octanol–water partition coefficient (Wildman–Crippen LogP) is 4.09. The van der Waals surface area contributed by atoms with Gasteiger partial charge in [0.05, 0.1) is 19.2 Å². The van der Waals surface area contributed by atoms with Crippen molar-refractivity contribution in [2.75, 3.05) is 46.0 Å². The molecule has 1 atom stereocenters. The minimum Gasteiger partial charge on any atom is -0.490 e. The molecule has 2 aliphatic heterocycles. The third-order valence-corrected chi connectivity index (χ3v) is 6.68. The topological polar surface area (TPSA) is 71.3 Å². The van der Waals surface area contributed by atoms with E-state index in [1.807, 2.05) is 19.1 Å². The van der Waals surface area contributed by atoms with Crippen LogP contribution in [0.15, 0.2) is 33.7 Å². The predicted molar refractivity (Wildman–Crippen MR) is 129 cm³/mol. The zero-order chi connectivity index (χ0) is 22.4. The number of hydrogen-bond acceptors (Lipinski definition) is 5. The van der Waals surface area contributed by atoms with Gasteiger partial charge < -0.3 is 24.5 Å². The highest BCUT2D eigenvalue weighted by molar-refractivity contribution is 5.84. The standard InChI is InChI=1S/C25H38N4O3/c1-4-26-24(27-18-25(11-15-30-16-12-25)29-13-6-7-14-29)28-19(3)22-17-20-9-8-10-21(31-5-2)23(20)32-22/h8-10,17,19H,4-7,11-16,18H2,1-3H3,(H2,26,27,28). The van der Waals surface area contributed by atoms with Crippen molar-refractivity contribution in [3.05, 3.63) is 30.0 Å². The van der Waals surface area contributed by atoms with E-state index >= 15 is 0 Å². The Morgan fingerprint density at radius 3 is 2.72 bits per heavy atom. The van der Waals surface area contributed by atoms with Gasteiger partial charge in [0, 0.05) is 30.7 Å². The van der Waals surface area contributed by atoms with E-state index in [0.29, 0.717) is 6.61 Å². The van der Waals surface area contributed by atoms with Crippen molar-refractivity contribution in [3.8, 4) is 5.75 Å². The molecule has 0 bridgehead atoms. The third-order valence-electron chi connectivity index (χ3n) is 6.68. The number of benzene rings is 1. The molecule has 7 heteroatoms. The highest BCUT2D eigenvalue weighted by Crippen LogP contribution is 2.33. The molecule has 2 saturated heterocycles. The van der Waals surface area contributed by atoms with Gasteiger partial charge in [0.2, 0.25) is 0 Å². The number of nitrogens with zero attached hydrogens (tertiary/aromatic N) is 2. The lowest BCUT2D eigenvalue weighted by Crippen LogP contribution is -2.54. The lowest BCUT2D eigenvalue weighted by Gasteiger charge is -2.43. The van der Waals surface area contributed by atoms with Crippen molar-refractivity contribution in [1.29, 1.82) is 0 Å². The van der Waals surface area contributed by atoms with Crippen LogP contribution in [0, 0.1) is 0 Å². The quantitative estimate of drug-likeness (QED) is 0.474. The largest absolute Gasteiger partial charge is 0.490 e. The SMILES string of the molecule is CCNC(=NCC1(N2CCCC2)CCOCC1)NC(C)c1cc2cccc(OCC)c2o1. The summed E-state index contributed by atoms with van der Waals surface area (Å²) in [5.74, 6) is 2.49. The fourth-order valence-corrected chi connectivity index (χ4v) is 4.88. The van der Waals surface area contributed by atoms with Gasteiger partial charge in [0.25, 0.3) is 0 Å². The summed E-state index contributed by atoms with van der Waals surface area (Å²) in [5, 5.41) is 8.02. The zero-order valence-electron chi connectivity index (χ0n) is 19.8. The van der Waals surface area contributed by atoms with Gasteiger partial charge >= 0.3 is 0 Å². The van der Waals surface area contributed by atoms with Gasteiger partial charge in [-0.3, -0.25) is 9.89 Å². The monoisotopic (exact) mass is 442 g/mol. The summed E-state index contributed by atoms with van der Waals surface area (Å²) < 4.78 is 17.6. The Bertz CT molecular complexity index is 898. The van der Waals surface area contributed by atoms with Crippen LogP contribution in [-0.2, 0) is 4.74 Å². The van der Waals surface area contributed by atoms with Gasteiger partial charge in [-0.25, -0.2) is 0 Å². The van der Waals surface area contributed by atoms with Crippen LogP contribution in [0.5, 0.6) is 5.75 Å². The second-order valence-corrected chi connectivity index (χ2v) is 8.85. The van der Waals surface area contributed by atoms with Crippen molar-refractivity contribution in [3.63, 3.8) is 0 Å². The second-order valence-electron chi connectivity index (χ2n) is 8.85. The van der Waals surface area contributed by atoms with Crippen LogP contribution >= 0.6 is 0 Å². The van der Waals surface area contributed by atoms with Crippen molar-refractivity contribution < 1.29 is 13.9 Å². The molecular weight excluding hydrogens is 404 g/mol. The molecule has 3 heterocycles. The molecule has 4 rings (SSSR count). The summed E-state index contributed by atoms with van der Waals surface area (Å²) in [4.78, 5) is 7.70. The minimum atomic E-state index is -0.0212. The first-order valence-electron chi connectivity index (χ1n) is 12.2. The number of furan rings is 1. The number of fused-ring (bicyclic) bond motifs is 1. The fraction of sp³-hybridized carbons (Fsp3) is 0.640. The molecule has 0 amide bonds. The molecule has 0 saturated carbocycles. The Morgan fingerprint density at radius 1 is 1.22 bits per heavy atom. The van der Waals surface area contributed by atoms with Crippen molar-refractivity contribution >= 4 is 16.9 Å². The molecule has 32 heavy (non-hydrogen) atoms. The summed E-state index contributed by atoms with van der Waals surface area (Å²) in [7, 11) is 0. The number of para-hydroxylation sites is 1. The molecule has 2 aromatic rings. The first-order chi connectivity index (χ1) is 15.6. The number of aliphatic imine (C=N–C) groups is 1. The first-order valence-corrected chi connectivity index (χ1v) is 12.2. The Kier molecular flexibility index (Phi) is 7.58. The molecule has 2 aliphatic rings. The Labute approximate surface area is 191 Å². The number of ether oxygens (including phenoxy) is 2. The normalized spacial score (nSPS) is 20.4. The third kappa shape index (κ3) is 5.04. The summed E-state index contributed by atoms with van der Waals surface area (Å²) in [5.41, 5.74) is 0.918. The Morgan fingerprint density at radius 2 is 2.00 bits per heavy atom. The molecule has 0 radical (unpaired) electrons. The smallest absolute Gasteiger partial charge is 0.191 e. The maximum atomic E-state index is 6.19. The molecule has 176 valence electrons. The number of guanidine groups is 1. The average molecular weight is 443 g/mol. The maximum Gasteiger partial charge on any atom is 0.191 e. The van der Waals surface area contributed by atoms with Crippen molar-refractivity contribution in [2.45, 2.75) is 58.0 Å². The molecule has 1 aromatic carbocycles. The number of likely N-dealkylation sites (tertiary alicyclic amines) is 1. The van der Waals surface area contributed by atoms with E-state index in [4.69, 9.17) is 18.9 Å².